The van der Waals surface area contributed by atoms with Gasteiger partial charge in [-0.2, -0.15) is 5.10 Å². The van der Waals surface area contributed by atoms with E-state index in [1.807, 2.05) is 18.2 Å². The van der Waals surface area contributed by atoms with Crippen molar-refractivity contribution >= 4 is 16.6 Å². The molecule has 0 saturated heterocycles. The van der Waals surface area contributed by atoms with Gasteiger partial charge in [0.1, 0.15) is 0 Å². The molecule has 0 unspecified atom stereocenters. The smallest absolute Gasteiger partial charge is 0.156 e. The van der Waals surface area contributed by atoms with E-state index in [4.69, 9.17) is 0 Å². The van der Waals surface area contributed by atoms with Gasteiger partial charge >= 0.3 is 0 Å². The van der Waals surface area contributed by atoms with Crippen LogP contribution < -0.4 is 5.32 Å². The van der Waals surface area contributed by atoms with Crippen LogP contribution in [0.4, 0.5) is 5.82 Å². The molecule has 1 aromatic carbocycles. The molecular formula is C13H17N3. The highest BCUT2D eigenvalue weighted by Crippen LogP contribution is 2.21. The third-order valence-electron chi connectivity index (χ3n) is 2.36. The zero-order chi connectivity index (χ0) is 11.6. The minimum atomic E-state index is 0.235. The fourth-order valence-corrected chi connectivity index (χ4v) is 1.51. The van der Waals surface area contributed by atoms with Crippen LogP contribution in [0.5, 0.6) is 0 Å². The van der Waals surface area contributed by atoms with Crippen LogP contribution in [0, 0.1) is 5.41 Å². The summed E-state index contributed by atoms with van der Waals surface area (Å²) in [6, 6.07) is 8.14. The van der Waals surface area contributed by atoms with Gasteiger partial charge < -0.3 is 5.32 Å². The lowest BCUT2D eigenvalue weighted by Gasteiger charge is -2.19. The first kappa shape index (κ1) is 10.9. The Balaban J connectivity index is 2.30. The molecule has 0 aliphatic heterocycles. The first-order valence-corrected chi connectivity index (χ1v) is 5.50. The van der Waals surface area contributed by atoms with Gasteiger partial charge in [-0.25, -0.2) is 0 Å². The molecule has 1 N–H and O–H groups in total. The Morgan fingerprint density at radius 1 is 1.19 bits per heavy atom. The third kappa shape index (κ3) is 2.48. The molecule has 3 heteroatoms. The lowest BCUT2D eigenvalue weighted by atomic mass is 9.97. The summed E-state index contributed by atoms with van der Waals surface area (Å²) in [6.45, 7) is 7.46. The van der Waals surface area contributed by atoms with Crippen LogP contribution in [0.3, 0.4) is 0 Å². The Hall–Kier alpha value is -1.64. The fraction of sp³-hybridized carbons (Fsp3) is 0.385. The Morgan fingerprint density at radius 2 is 1.94 bits per heavy atom. The average molecular weight is 215 g/mol. The van der Waals surface area contributed by atoms with E-state index in [0.29, 0.717) is 0 Å². The van der Waals surface area contributed by atoms with Crippen LogP contribution >= 0.6 is 0 Å². The second-order valence-corrected chi connectivity index (χ2v) is 5.19. The zero-order valence-corrected chi connectivity index (χ0v) is 9.99. The van der Waals surface area contributed by atoms with Crippen molar-refractivity contribution in [2.45, 2.75) is 20.8 Å². The van der Waals surface area contributed by atoms with Crippen LogP contribution in [0.15, 0.2) is 30.5 Å². The summed E-state index contributed by atoms with van der Waals surface area (Å²) in [4.78, 5) is 0. The van der Waals surface area contributed by atoms with E-state index >= 15 is 0 Å². The average Bonchev–Trinajstić information content (AvgIpc) is 2.25. The van der Waals surface area contributed by atoms with Gasteiger partial charge in [0, 0.05) is 17.3 Å². The van der Waals surface area contributed by atoms with Crippen molar-refractivity contribution in [2.75, 3.05) is 11.9 Å². The van der Waals surface area contributed by atoms with Gasteiger partial charge in [0.25, 0.3) is 0 Å². The normalized spacial score (nSPS) is 11.7. The minimum absolute atomic E-state index is 0.235. The molecule has 0 saturated carbocycles. The molecule has 0 aliphatic carbocycles. The largest absolute Gasteiger partial charge is 0.368 e. The number of benzene rings is 1. The maximum Gasteiger partial charge on any atom is 0.156 e. The molecule has 1 aromatic heterocycles. The quantitative estimate of drug-likeness (QED) is 0.836. The van der Waals surface area contributed by atoms with E-state index in [-0.39, 0.29) is 5.41 Å². The van der Waals surface area contributed by atoms with Crippen LogP contribution in [-0.4, -0.2) is 16.7 Å². The van der Waals surface area contributed by atoms with Crippen molar-refractivity contribution in [3.8, 4) is 0 Å². The molecule has 2 aromatic rings. The molecule has 0 atom stereocenters. The predicted molar refractivity (Wildman–Crippen MR) is 67.5 cm³/mol. The van der Waals surface area contributed by atoms with Crippen molar-refractivity contribution in [1.29, 1.82) is 0 Å². The molecule has 16 heavy (non-hydrogen) atoms. The number of hydrogen-bond donors (Lipinski definition) is 1. The summed E-state index contributed by atoms with van der Waals surface area (Å²) in [5, 5.41) is 13.7. The second-order valence-electron chi connectivity index (χ2n) is 5.19. The minimum Gasteiger partial charge on any atom is -0.368 e. The predicted octanol–water partition coefficient (Wildman–Crippen LogP) is 3.09. The summed E-state index contributed by atoms with van der Waals surface area (Å²) in [7, 11) is 0. The van der Waals surface area contributed by atoms with Crippen LogP contribution in [0.2, 0.25) is 0 Å². The molecule has 0 spiro atoms. The lowest BCUT2D eigenvalue weighted by Crippen LogP contribution is -2.19. The first-order chi connectivity index (χ1) is 7.56. The number of aromatic nitrogens is 2. The van der Waals surface area contributed by atoms with Gasteiger partial charge in [0.05, 0.1) is 6.20 Å². The molecule has 0 bridgehead atoms. The Kier molecular flexibility index (Phi) is 2.77. The van der Waals surface area contributed by atoms with Crippen LogP contribution in [0.25, 0.3) is 10.8 Å². The van der Waals surface area contributed by atoms with E-state index in [0.717, 1.165) is 23.1 Å². The van der Waals surface area contributed by atoms with E-state index in [1.165, 1.54) is 0 Å². The van der Waals surface area contributed by atoms with Crippen LogP contribution in [-0.2, 0) is 0 Å². The van der Waals surface area contributed by atoms with Gasteiger partial charge in [-0.3, -0.25) is 0 Å². The Bertz CT molecular complexity index is 480. The SMILES string of the molecule is CC(C)(C)CNc1nncc2ccccc12. The van der Waals surface area contributed by atoms with Crippen molar-refractivity contribution in [2.24, 2.45) is 5.41 Å². The summed E-state index contributed by atoms with van der Waals surface area (Å²) in [6.07, 6.45) is 1.79. The number of nitrogens with one attached hydrogen (secondary N) is 1. The van der Waals surface area contributed by atoms with Gasteiger partial charge in [-0.1, -0.05) is 45.0 Å². The Morgan fingerprint density at radius 3 is 2.69 bits per heavy atom. The Labute approximate surface area is 95.9 Å². The zero-order valence-electron chi connectivity index (χ0n) is 9.99. The molecule has 2 rings (SSSR count). The number of rotatable bonds is 2. The van der Waals surface area contributed by atoms with E-state index in [9.17, 15) is 0 Å². The number of nitrogens with zero attached hydrogens (tertiary/aromatic N) is 2. The fourth-order valence-electron chi connectivity index (χ4n) is 1.51. The van der Waals surface area contributed by atoms with Crippen molar-refractivity contribution in [1.82, 2.24) is 10.2 Å². The van der Waals surface area contributed by atoms with Gasteiger partial charge in [-0.05, 0) is 5.41 Å². The second kappa shape index (κ2) is 4.08. The summed E-state index contributed by atoms with van der Waals surface area (Å²) in [5.74, 6) is 0.869. The van der Waals surface area contributed by atoms with Crippen molar-refractivity contribution in [3.63, 3.8) is 0 Å². The van der Waals surface area contributed by atoms with Crippen molar-refractivity contribution in [3.05, 3.63) is 30.5 Å². The topological polar surface area (TPSA) is 37.8 Å². The molecule has 84 valence electrons. The molecule has 0 fully saturated rings. The maximum absolute atomic E-state index is 4.15. The highest BCUT2D eigenvalue weighted by molar-refractivity contribution is 5.90. The maximum atomic E-state index is 4.15. The molecule has 0 aliphatic rings. The van der Waals surface area contributed by atoms with E-state index < -0.39 is 0 Å². The first-order valence-electron chi connectivity index (χ1n) is 5.50. The van der Waals surface area contributed by atoms with Crippen molar-refractivity contribution < 1.29 is 0 Å². The van der Waals surface area contributed by atoms with Gasteiger partial charge in [0.2, 0.25) is 0 Å². The molecule has 0 amide bonds. The highest BCUT2D eigenvalue weighted by Gasteiger charge is 2.11. The molecule has 0 radical (unpaired) electrons. The van der Waals surface area contributed by atoms with E-state index in [2.05, 4.69) is 42.4 Å². The highest BCUT2D eigenvalue weighted by atomic mass is 15.2. The van der Waals surface area contributed by atoms with Crippen LogP contribution in [0.1, 0.15) is 20.8 Å². The van der Waals surface area contributed by atoms with E-state index in [1.54, 1.807) is 6.20 Å². The van der Waals surface area contributed by atoms with Gasteiger partial charge in [-0.15, -0.1) is 5.10 Å². The number of hydrogen-bond acceptors (Lipinski definition) is 3. The third-order valence-corrected chi connectivity index (χ3v) is 2.36. The monoisotopic (exact) mass is 215 g/mol. The number of anilines is 1. The molecule has 1 heterocycles. The molecular weight excluding hydrogens is 198 g/mol. The summed E-state index contributed by atoms with van der Waals surface area (Å²) < 4.78 is 0. The standard InChI is InChI=1S/C13H17N3/c1-13(2,3)9-14-12-11-7-5-4-6-10(11)8-15-16-12/h4-8H,9H2,1-3H3,(H,14,16). The summed E-state index contributed by atoms with van der Waals surface area (Å²) >= 11 is 0. The summed E-state index contributed by atoms with van der Waals surface area (Å²) in [5.41, 5.74) is 0.235. The molecule has 3 nitrogen and oxygen atoms in total. The lowest BCUT2D eigenvalue weighted by molar-refractivity contribution is 0.442. The van der Waals surface area contributed by atoms with Gasteiger partial charge in [0.15, 0.2) is 5.82 Å². The number of fused-ring (bicyclic) bond motifs is 1.